The van der Waals surface area contributed by atoms with Crippen molar-refractivity contribution in [2.75, 3.05) is 17.2 Å². The predicted octanol–water partition coefficient (Wildman–Crippen LogP) is 1.21. The highest BCUT2D eigenvalue weighted by atomic mass is 16.2. The number of hydrogen-bond donors (Lipinski definition) is 5. The number of carbonyl (C=O) groups is 3. The van der Waals surface area contributed by atoms with Gasteiger partial charge >= 0.3 is 6.03 Å². The van der Waals surface area contributed by atoms with E-state index in [-0.39, 0.29) is 18.9 Å². The summed E-state index contributed by atoms with van der Waals surface area (Å²) in [6, 6.07) is 6.15. The lowest BCUT2D eigenvalue weighted by Gasteiger charge is -2.10. The van der Waals surface area contributed by atoms with Crippen LogP contribution in [0.4, 0.5) is 16.2 Å². The first-order chi connectivity index (χ1) is 13.0. The van der Waals surface area contributed by atoms with E-state index in [0.717, 1.165) is 0 Å². The number of urea groups is 1. The van der Waals surface area contributed by atoms with E-state index >= 15 is 0 Å². The number of rotatable bonds is 6. The zero-order valence-corrected chi connectivity index (χ0v) is 14.2. The Labute approximate surface area is 153 Å². The van der Waals surface area contributed by atoms with E-state index in [0.29, 0.717) is 28.0 Å². The Morgan fingerprint density at radius 3 is 2.67 bits per heavy atom. The molecular weight excluding hydrogens is 350 g/mol. The van der Waals surface area contributed by atoms with Gasteiger partial charge in [0.1, 0.15) is 5.52 Å². The van der Waals surface area contributed by atoms with Crippen molar-refractivity contribution in [3.63, 3.8) is 0 Å². The molecule has 2 aromatic heterocycles. The first-order valence-electron chi connectivity index (χ1n) is 8.04. The Bertz CT molecular complexity index is 999. The summed E-state index contributed by atoms with van der Waals surface area (Å²) in [5.74, 6) is -0.871. The average molecular weight is 367 g/mol. The van der Waals surface area contributed by atoms with Crippen molar-refractivity contribution in [1.82, 2.24) is 20.3 Å². The number of amides is 4. The first kappa shape index (κ1) is 17.9. The molecule has 4 amide bonds. The Hall–Kier alpha value is -3.95. The molecule has 138 valence electrons. The van der Waals surface area contributed by atoms with Crippen LogP contribution < -0.4 is 21.7 Å². The van der Waals surface area contributed by atoms with Gasteiger partial charge in [-0.15, -0.1) is 0 Å². The molecule has 27 heavy (non-hydrogen) atoms. The second-order valence-corrected chi connectivity index (χ2v) is 5.62. The van der Waals surface area contributed by atoms with E-state index in [1.807, 2.05) is 0 Å². The lowest BCUT2D eigenvalue weighted by molar-refractivity contribution is -0.117. The Morgan fingerprint density at radius 2 is 1.89 bits per heavy atom. The summed E-state index contributed by atoms with van der Waals surface area (Å²) in [5.41, 5.74) is 7.48. The maximum absolute atomic E-state index is 12.5. The van der Waals surface area contributed by atoms with Gasteiger partial charge in [0.2, 0.25) is 5.91 Å². The van der Waals surface area contributed by atoms with Crippen LogP contribution in [0.25, 0.3) is 11.0 Å². The number of H-pyrrole nitrogens is 1. The summed E-state index contributed by atoms with van der Waals surface area (Å²) in [5, 5.41) is 7.87. The molecule has 0 saturated heterocycles. The highest BCUT2D eigenvalue weighted by molar-refractivity contribution is 6.11. The molecule has 0 saturated carbocycles. The predicted molar refractivity (Wildman–Crippen MR) is 99.1 cm³/mol. The van der Waals surface area contributed by atoms with Crippen LogP contribution in [0, 0.1) is 0 Å². The second-order valence-electron chi connectivity index (χ2n) is 5.62. The summed E-state index contributed by atoms with van der Waals surface area (Å²) in [6.45, 7) is 0.137. The molecule has 2 heterocycles. The number of hydrogen-bond acceptors (Lipinski definition) is 5. The zero-order valence-electron chi connectivity index (χ0n) is 14.2. The number of aromatic amines is 1. The summed E-state index contributed by atoms with van der Waals surface area (Å²) >= 11 is 0. The zero-order chi connectivity index (χ0) is 19.2. The number of primary amides is 1. The van der Waals surface area contributed by atoms with Gasteiger partial charge in [0.25, 0.3) is 5.91 Å². The smallest absolute Gasteiger partial charge is 0.319 e. The van der Waals surface area contributed by atoms with Crippen LogP contribution >= 0.6 is 0 Å². The van der Waals surface area contributed by atoms with Gasteiger partial charge in [-0.25, -0.2) is 9.78 Å². The number of benzene rings is 1. The number of carbonyl (C=O) groups excluding carboxylic acids is 3. The van der Waals surface area contributed by atoms with Crippen LogP contribution in [0.3, 0.4) is 0 Å². The SMILES string of the molecule is NC(=O)CCNC(=O)Nc1cccc(NC(=O)c2cncc3[nH]cnc23)c1. The van der Waals surface area contributed by atoms with Crippen molar-refractivity contribution < 1.29 is 14.4 Å². The van der Waals surface area contributed by atoms with E-state index in [2.05, 4.69) is 30.9 Å². The summed E-state index contributed by atoms with van der Waals surface area (Å²) in [6.07, 6.45) is 4.56. The fourth-order valence-electron chi connectivity index (χ4n) is 2.38. The molecule has 0 radical (unpaired) electrons. The fraction of sp³-hybridized carbons (Fsp3) is 0.118. The van der Waals surface area contributed by atoms with Gasteiger partial charge in [-0.05, 0) is 18.2 Å². The third kappa shape index (κ3) is 4.57. The number of aromatic nitrogens is 3. The normalized spacial score (nSPS) is 10.4. The number of nitrogens with zero attached hydrogens (tertiary/aromatic N) is 2. The van der Waals surface area contributed by atoms with Crippen LogP contribution in [0.1, 0.15) is 16.8 Å². The van der Waals surface area contributed by atoms with Crippen LogP contribution in [0.2, 0.25) is 0 Å². The van der Waals surface area contributed by atoms with Crippen molar-refractivity contribution in [3.8, 4) is 0 Å². The van der Waals surface area contributed by atoms with Gasteiger partial charge in [0.15, 0.2) is 0 Å². The Morgan fingerprint density at radius 1 is 1.11 bits per heavy atom. The standard InChI is InChI=1S/C17H17N7O3/c18-14(25)4-5-20-17(27)24-11-3-1-2-10(6-11)23-16(26)12-7-19-8-13-15(12)22-9-21-13/h1-3,6-9H,4-5H2,(H2,18,25)(H,21,22)(H,23,26)(H2,20,24,27). The number of imidazole rings is 1. The third-order valence-corrected chi connectivity index (χ3v) is 3.61. The summed E-state index contributed by atoms with van der Waals surface area (Å²) < 4.78 is 0. The molecule has 6 N–H and O–H groups in total. The third-order valence-electron chi connectivity index (χ3n) is 3.61. The molecule has 0 unspecified atom stereocenters. The fourth-order valence-corrected chi connectivity index (χ4v) is 2.38. The quantitative estimate of drug-likeness (QED) is 0.443. The Kier molecular flexibility index (Phi) is 5.26. The maximum Gasteiger partial charge on any atom is 0.319 e. The second kappa shape index (κ2) is 7.95. The highest BCUT2D eigenvalue weighted by Gasteiger charge is 2.13. The van der Waals surface area contributed by atoms with Crippen LogP contribution in [0.15, 0.2) is 43.0 Å². The van der Waals surface area contributed by atoms with Gasteiger partial charge in [-0.1, -0.05) is 6.07 Å². The largest absolute Gasteiger partial charge is 0.370 e. The van der Waals surface area contributed by atoms with E-state index in [1.165, 1.54) is 12.5 Å². The maximum atomic E-state index is 12.5. The molecule has 0 fully saturated rings. The van der Waals surface area contributed by atoms with Crippen molar-refractivity contribution in [2.24, 2.45) is 5.73 Å². The highest BCUT2D eigenvalue weighted by Crippen LogP contribution is 2.18. The molecule has 0 aliphatic heterocycles. The minimum absolute atomic E-state index is 0.0519. The monoisotopic (exact) mass is 367 g/mol. The molecule has 0 aliphatic carbocycles. The molecule has 0 aliphatic rings. The molecule has 0 atom stereocenters. The molecule has 3 aromatic rings. The lowest BCUT2D eigenvalue weighted by Crippen LogP contribution is -2.31. The minimum atomic E-state index is -0.499. The van der Waals surface area contributed by atoms with Crippen molar-refractivity contribution >= 4 is 40.3 Å². The van der Waals surface area contributed by atoms with Crippen molar-refractivity contribution in [1.29, 1.82) is 0 Å². The topological polar surface area (TPSA) is 155 Å². The summed E-state index contributed by atoms with van der Waals surface area (Å²) in [7, 11) is 0. The van der Waals surface area contributed by atoms with Crippen molar-refractivity contribution in [3.05, 3.63) is 48.5 Å². The van der Waals surface area contributed by atoms with Gasteiger partial charge in [-0.3, -0.25) is 14.6 Å². The van der Waals surface area contributed by atoms with Crippen molar-refractivity contribution in [2.45, 2.75) is 6.42 Å². The average Bonchev–Trinajstić information content (AvgIpc) is 3.10. The molecular formula is C17H17N7O3. The number of fused-ring (bicyclic) bond motifs is 1. The number of anilines is 2. The van der Waals surface area contributed by atoms with E-state index in [9.17, 15) is 14.4 Å². The number of nitrogens with one attached hydrogen (secondary N) is 4. The van der Waals surface area contributed by atoms with E-state index in [1.54, 1.807) is 30.5 Å². The van der Waals surface area contributed by atoms with Gasteiger partial charge in [-0.2, -0.15) is 0 Å². The van der Waals surface area contributed by atoms with E-state index < -0.39 is 11.9 Å². The van der Waals surface area contributed by atoms with E-state index in [4.69, 9.17) is 5.73 Å². The van der Waals surface area contributed by atoms with Gasteiger partial charge in [0.05, 0.1) is 23.6 Å². The van der Waals surface area contributed by atoms with Gasteiger partial charge in [0, 0.05) is 30.5 Å². The number of pyridine rings is 1. The number of nitrogens with two attached hydrogens (primary N) is 1. The minimum Gasteiger partial charge on any atom is -0.370 e. The molecule has 1 aromatic carbocycles. The summed E-state index contributed by atoms with van der Waals surface area (Å²) in [4.78, 5) is 46.0. The molecule has 10 heteroatoms. The van der Waals surface area contributed by atoms with Gasteiger partial charge < -0.3 is 26.7 Å². The lowest BCUT2D eigenvalue weighted by atomic mass is 10.2. The molecule has 0 bridgehead atoms. The van der Waals surface area contributed by atoms with Crippen LogP contribution in [-0.4, -0.2) is 39.3 Å². The molecule has 10 nitrogen and oxygen atoms in total. The molecule has 3 rings (SSSR count). The van der Waals surface area contributed by atoms with Crippen LogP contribution in [-0.2, 0) is 4.79 Å². The first-order valence-corrected chi connectivity index (χ1v) is 8.04. The molecule has 0 spiro atoms. The van der Waals surface area contributed by atoms with Crippen LogP contribution in [0.5, 0.6) is 0 Å². The Balaban J connectivity index is 1.65.